The molecule has 1 aliphatic rings. The van der Waals surface area contributed by atoms with Gasteiger partial charge in [0.1, 0.15) is 5.82 Å². The van der Waals surface area contributed by atoms with Crippen LogP contribution < -0.4 is 10.6 Å². The van der Waals surface area contributed by atoms with Gasteiger partial charge < -0.3 is 15.4 Å². The SMILES string of the molecule is COCCNC(=O)CN1CCC[C@@H](c2cc(Nc3cccc(F)c3)cc(C)n2)C1. The summed E-state index contributed by atoms with van der Waals surface area (Å²) >= 11 is 0. The second-order valence-electron chi connectivity index (χ2n) is 7.47. The van der Waals surface area contributed by atoms with Gasteiger partial charge in [-0.1, -0.05) is 6.07 Å². The van der Waals surface area contributed by atoms with Crippen LogP contribution in [0.1, 0.15) is 30.1 Å². The number of hydrogen-bond donors (Lipinski definition) is 2. The van der Waals surface area contributed by atoms with E-state index >= 15 is 0 Å². The van der Waals surface area contributed by atoms with E-state index in [1.165, 1.54) is 12.1 Å². The third kappa shape index (κ3) is 6.51. The summed E-state index contributed by atoms with van der Waals surface area (Å²) in [6.07, 6.45) is 2.07. The molecule has 7 heteroatoms. The molecule has 0 saturated carbocycles. The standard InChI is InChI=1S/C22H29FN4O2/c1-16-11-20(26-19-7-3-6-18(23)12-19)13-21(25-16)17-5-4-9-27(14-17)15-22(28)24-8-10-29-2/h3,6-7,11-13,17H,4-5,8-10,14-15H2,1-2H3,(H,24,28)(H,25,26)/t17-/m1/s1. The fourth-order valence-corrected chi connectivity index (χ4v) is 3.70. The minimum atomic E-state index is -0.271. The van der Waals surface area contributed by atoms with Gasteiger partial charge in [0, 0.05) is 48.9 Å². The molecule has 0 spiro atoms. The van der Waals surface area contributed by atoms with E-state index in [4.69, 9.17) is 9.72 Å². The summed E-state index contributed by atoms with van der Waals surface area (Å²) in [7, 11) is 1.62. The van der Waals surface area contributed by atoms with Crippen LogP contribution in [0.4, 0.5) is 15.8 Å². The Bertz CT molecular complexity index is 830. The van der Waals surface area contributed by atoms with Crippen molar-refractivity contribution in [1.29, 1.82) is 0 Å². The van der Waals surface area contributed by atoms with E-state index in [-0.39, 0.29) is 17.6 Å². The second-order valence-corrected chi connectivity index (χ2v) is 7.47. The van der Waals surface area contributed by atoms with Crippen molar-refractivity contribution in [3.8, 4) is 0 Å². The van der Waals surface area contributed by atoms with Gasteiger partial charge in [0.05, 0.1) is 13.2 Å². The van der Waals surface area contributed by atoms with Crippen molar-refractivity contribution in [3.05, 3.63) is 53.6 Å². The van der Waals surface area contributed by atoms with Gasteiger partial charge in [0.2, 0.25) is 5.91 Å². The Labute approximate surface area is 171 Å². The Hall–Kier alpha value is -2.51. The van der Waals surface area contributed by atoms with Gasteiger partial charge in [-0.3, -0.25) is 14.7 Å². The van der Waals surface area contributed by atoms with Crippen LogP contribution in [0.15, 0.2) is 36.4 Å². The van der Waals surface area contributed by atoms with E-state index in [0.717, 1.165) is 43.0 Å². The number of halogens is 1. The molecule has 1 aromatic carbocycles. The van der Waals surface area contributed by atoms with E-state index in [2.05, 4.69) is 15.5 Å². The Morgan fingerprint density at radius 2 is 2.17 bits per heavy atom. The monoisotopic (exact) mass is 400 g/mol. The maximum absolute atomic E-state index is 13.5. The molecule has 156 valence electrons. The molecular formula is C22H29FN4O2. The van der Waals surface area contributed by atoms with Crippen LogP contribution in [0, 0.1) is 12.7 Å². The lowest BCUT2D eigenvalue weighted by Gasteiger charge is -2.32. The van der Waals surface area contributed by atoms with Gasteiger partial charge >= 0.3 is 0 Å². The van der Waals surface area contributed by atoms with Gasteiger partial charge in [0.15, 0.2) is 0 Å². The van der Waals surface area contributed by atoms with Crippen LogP contribution in [-0.2, 0) is 9.53 Å². The van der Waals surface area contributed by atoms with Crippen molar-refractivity contribution in [1.82, 2.24) is 15.2 Å². The van der Waals surface area contributed by atoms with E-state index < -0.39 is 0 Å². The molecule has 2 N–H and O–H groups in total. The fraction of sp³-hybridized carbons (Fsp3) is 0.455. The molecule has 1 atom stereocenters. The number of aryl methyl sites for hydroxylation is 1. The number of amides is 1. The largest absolute Gasteiger partial charge is 0.383 e. The molecule has 0 bridgehead atoms. The first-order chi connectivity index (χ1) is 14.0. The topological polar surface area (TPSA) is 66.5 Å². The molecule has 1 amide bonds. The minimum Gasteiger partial charge on any atom is -0.383 e. The number of rotatable bonds is 8. The average molecular weight is 400 g/mol. The van der Waals surface area contributed by atoms with Gasteiger partial charge in [-0.2, -0.15) is 0 Å². The number of anilines is 2. The maximum Gasteiger partial charge on any atom is 0.234 e. The van der Waals surface area contributed by atoms with E-state index in [0.29, 0.717) is 25.4 Å². The molecule has 6 nitrogen and oxygen atoms in total. The molecule has 2 heterocycles. The summed E-state index contributed by atoms with van der Waals surface area (Å²) < 4.78 is 18.4. The third-order valence-corrected chi connectivity index (χ3v) is 5.01. The number of nitrogens with one attached hydrogen (secondary N) is 2. The minimum absolute atomic E-state index is 0.0216. The summed E-state index contributed by atoms with van der Waals surface area (Å²) in [4.78, 5) is 19.0. The highest BCUT2D eigenvalue weighted by atomic mass is 19.1. The van der Waals surface area contributed by atoms with Crippen LogP contribution in [0.25, 0.3) is 0 Å². The number of methoxy groups -OCH3 is 1. The van der Waals surface area contributed by atoms with Crippen molar-refractivity contribution >= 4 is 17.3 Å². The molecule has 1 saturated heterocycles. The van der Waals surface area contributed by atoms with Crippen LogP contribution in [0.5, 0.6) is 0 Å². The Morgan fingerprint density at radius 1 is 1.31 bits per heavy atom. The normalized spacial score (nSPS) is 17.1. The molecule has 0 radical (unpaired) electrons. The van der Waals surface area contributed by atoms with Crippen molar-refractivity contribution in [3.63, 3.8) is 0 Å². The second kappa shape index (κ2) is 10.3. The third-order valence-electron chi connectivity index (χ3n) is 5.01. The lowest BCUT2D eigenvalue weighted by molar-refractivity contribution is -0.122. The lowest BCUT2D eigenvalue weighted by atomic mass is 9.93. The average Bonchev–Trinajstić information content (AvgIpc) is 2.68. The number of likely N-dealkylation sites (tertiary alicyclic amines) is 1. The first-order valence-electron chi connectivity index (χ1n) is 10.0. The first kappa shape index (κ1) is 21.2. The summed E-state index contributed by atoms with van der Waals surface area (Å²) in [5.74, 6) is 0.0181. The van der Waals surface area contributed by atoms with Crippen molar-refractivity contribution < 1.29 is 13.9 Å². The molecule has 1 fully saturated rings. The van der Waals surface area contributed by atoms with Crippen molar-refractivity contribution in [2.75, 3.05) is 45.2 Å². The molecule has 29 heavy (non-hydrogen) atoms. The summed E-state index contributed by atoms with van der Waals surface area (Å²) in [6.45, 7) is 5.11. The number of carbonyl (C=O) groups excluding carboxylic acids is 1. The number of carbonyl (C=O) groups is 1. The summed E-state index contributed by atoms with van der Waals surface area (Å²) in [5, 5.41) is 6.14. The number of pyridine rings is 1. The molecule has 2 aromatic rings. The number of piperidine rings is 1. The Balaban J connectivity index is 1.64. The number of ether oxygens (including phenoxy) is 1. The summed E-state index contributed by atoms with van der Waals surface area (Å²) in [5.41, 5.74) is 3.52. The number of aromatic nitrogens is 1. The van der Waals surface area contributed by atoms with Crippen LogP contribution in [-0.4, -0.2) is 55.7 Å². The van der Waals surface area contributed by atoms with Gasteiger partial charge in [-0.25, -0.2) is 4.39 Å². The highest BCUT2D eigenvalue weighted by molar-refractivity contribution is 5.78. The predicted octanol–water partition coefficient (Wildman–Crippen LogP) is 3.21. The number of benzene rings is 1. The van der Waals surface area contributed by atoms with E-state index in [9.17, 15) is 9.18 Å². The zero-order valence-corrected chi connectivity index (χ0v) is 17.1. The Kier molecular flexibility index (Phi) is 7.55. The highest BCUT2D eigenvalue weighted by Crippen LogP contribution is 2.28. The molecule has 0 aliphatic carbocycles. The lowest BCUT2D eigenvalue weighted by Crippen LogP contribution is -2.42. The number of nitrogens with zero attached hydrogens (tertiary/aromatic N) is 2. The molecule has 0 unspecified atom stereocenters. The van der Waals surface area contributed by atoms with Gasteiger partial charge in [-0.15, -0.1) is 0 Å². The zero-order chi connectivity index (χ0) is 20.6. The quantitative estimate of drug-likeness (QED) is 0.666. The van der Waals surface area contributed by atoms with Crippen LogP contribution in [0.3, 0.4) is 0 Å². The molecule has 1 aromatic heterocycles. The van der Waals surface area contributed by atoms with Crippen molar-refractivity contribution in [2.24, 2.45) is 0 Å². The first-order valence-corrected chi connectivity index (χ1v) is 10.0. The molecular weight excluding hydrogens is 371 g/mol. The number of hydrogen-bond acceptors (Lipinski definition) is 5. The predicted molar refractivity (Wildman–Crippen MR) is 112 cm³/mol. The van der Waals surface area contributed by atoms with Gasteiger partial charge in [0.25, 0.3) is 0 Å². The molecule has 3 rings (SSSR count). The highest BCUT2D eigenvalue weighted by Gasteiger charge is 2.24. The van der Waals surface area contributed by atoms with Crippen molar-refractivity contribution in [2.45, 2.75) is 25.7 Å². The summed E-state index contributed by atoms with van der Waals surface area (Å²) in [6, 6.07) is 10.4. The van der Waals surface area contributed by atoms with E-state index in [1.54, 1.807) is 13.2 Å². The van der Waals surface area contributed by atoms with Crippen LogP contribution >= 0.6 is 0 Å². The fourth-order valence-electron chi connectivity index (χ4n) is 3.70. The smallest absolute Gasteiger partial charge is 0.234 e. The molecule has 1 aliphatic heterocycles. The zero-order valence-electron chi connectivity index (χ0n) is 17.1. The maximum atomic E-state index is 13.5. The van der Waals surface area contributed by atoms with Crippen LogP contribution in [0.2, 0.25) is 0 Å². The van der Waals surface area contributed by atoms with Gasteiger partial charge in [-0.05, 0) is 56.6 Å². The Morgan fingerprint density at radius 3 is 2.97 bits per heavy atom. The van der Waals surface area contributed by atoms with E-state index in [1.807, 2.05) is 25.1 Å².